The van der Waals surface area contributed by atoms with Crippen molar-refractivity contribution in [1.29, 1.82) is 0 Å². The van der Waals surface area contributed by atoms with Gasteiger partial charge in [0, 0.05) is 37.9 Å². The van der Waals surface area contributed by atoms with Gasteiger partial charge in [0.1, 0.15) is 17.2 Å². The molecule has 35 heavy (non-hydrogen) atoms. The number of anilines is 1. The molecule has 1 aliphatic heterocycles. The van der Waals surface area contributed by atoms with E-state index in [9.17, 15) is 4.79 Å². The van der Waals surface area contributed by atoms with Crippen LogP contribution >= 0.6 is 0 Å². The number of aromatic nitrogens is 2. The molecule has 1 aliphatic rings. The van der Waals surface area contributed by atoms with Crippen LogP contribution in [-0.2, 0) is 0 Å². The average molecular weight is 469 g/mol. The molecule has 4 aromatic rings. The van der Waals surface area contributed by atoms with Crippen molar-refractivity contribution in [3.05, 3.63) is 90.6 Å². The van der Waals surface area contributed by atoms with Crippen molar-refractivity contribution in [1.82, 2.24) is 14.7 Å². The molecule has 1 aromatic heterocycles. The summed E-state index contributed by atoms with van der Waals surface area (Å²) in [5.74, 6) is 1.54. The van der Waals surface area contributed by atoms with Gasteiger partial charge in [0.15, 0.2) is 0 Å². The number of rotatable bonds is 6. The maximum atomic E-state index is 13.8. The standard InChI is InChI=1S/C28H28N4O3/c1-34-23-12-8-9-21(19-23)27-24(20-32(29-27)22-10-4-3-5-11-22)28(33)31-17-15-30(16-18-31)25-13-6-7-14-26(25)35-2/h3-14,19-20H,15-18H2,1-2H3. The first-order valence-electron chi connectivity index (χ1n) is 11.6. The van der Waals surface area contributed by atoms with Crippen LogP contribution in [0.3, 0.4) is 0 Å². The van der Waals surface area contributed by atoms with Crippen LogP contribution in [0, 0.1) is 0 Å². The molecule has 1 saturated heterocycles. The highest BCUT2D eigenvalue weighted by molar-refractivity contribution is 6.00. The Balaban J connectivity index is 1.43. The fraction of sp³-hybridized carbons (Fsp3) is 0.214. The first-order valence-corrected chi connectivity index (χ1v) is 11.6. The van der Waals surface area contributed by atoms with Crippen molar-refractivity contribution in [3.8, 4) is 28.4 Å². The first-order chi connectivity index (χ1) is 17.2. The summed E-state index contributed by atoms with van der Waals surface area (Å²) >= 11 is 0. The van der Waals surface area contributed by atoms with Crippen LogP contribution in [0.25, 0.3) is 16.9 Å². The maximum Gasteiger partial charge on any atom is 0.257 e. The molecule has 5 rings (SSSR count). The number of carbonyl (C=O) groups is 1. The predicted octanol–water partition coefficient (Wildman–Crippen LogP) is 4.52. The Morgan fingerprint density at radius 3 is 2.31 bits per heavy atom. The molecule has 7 heteroatoms. The van der Waals surface area contributed by atoms with Gasteiger partial charge in [0.2, 0.25) is 0 Å². The van der Waals surface area contributed by atoms with Crippen LogP contribution in [0.1, 0.15) is 10.4 Å². The highest BCUT2D eigenvalue weighted by Gasteiger charge is 2.27. The Labute approximate surface area is 205 Å². The van der Waals surface area contributed by atoms with E-state index in [1.54, 1.807) is 18.9 Å². The first kappa shape index (κ1) is 22.5. The molecule has 0 aliphatic carbocycles. The lowest BCUT2D eigenvalue weighted by Crippen LogP contribution is -2.48. The van der Waals surface area contributed by atoms with E-state index >= 15 is 0 Å². The summed E-state index contributed by atoms with van der Waals surface area (Å²) in [5, 5.41) is 4.81. The maximum absolute atomic E-state index is 13.8. The number of ether oxygens (including phenoxy) is 2. The summed E-state index contributed by atoms with van der Waals surface area (Å²) < 4.78 is 12.7. The topological polar surface area (TPSA) is 59.8 Å². The molecule has 0 spiro atoms. The molecule has 178 valence electrons. The third-order valence-electron chi connectivity index (χ3n) is 6.30. The van der Waals surface area contributed by atoms with Crippen LogP contribution in [0.4, 0.5) is 5.69 Å². The Kier molecular flexibility index (Phi) is 6.39. The van der Waals surface area contributed by atoms with Crippen LogP contribution in [0.15, 0.2) is 85.1 Å². The molecule has 0 bridgehead atoms. The molecule has 1 amide bonds. The van der Waals surface area contributed by atoms with Crippen LogP contribution in [0.5, 0.6) is 11.5 Å². The third kappa shape index (κ3) is 4.57. The number of hydrogen-bond donors (Lipinski definition) is 0. The van der Waals surface area contributed by atoms with E-state index in [1.807, 2.05) is 83.9 Å². The molecule has 7 nitrogen and oxygen atoms in total. The zero-order valence-corrected chi connectivity index (χ0v) is 19.9. The Bertz CT molecular complexity index is 1310. The smallest absolute Gasteiger partial charge is 0.257 e. The van der Waals surface area contributed by atoms with Gasteiger partial charge < -0.3 is 19.3 Å². The van der Waals surface area contributed by atoms with E-state index in [-0.39, 0.29) is 5.91 Å². The minimum absolute atomic E-state index is 0.0234. The molecule has 0 radical (unpaired) electrons. The van der Waals surface area contributed by atoms with E-state index in [4.69, 9.17) is 14.6 Å². The van der Waals surface area contributed by atoms with E-state index in [0.29, 0.717) is 24.3 Å². The SMILES string of the molecule is COc1cccc(-c2nn(-c3ccccc3)cc2C(=O)N2CCN(c3ccccc3OC)CC2)c1. The van der Waals surface area contributed by atoms with Crippen LogP contribution in [0.2, 0.25) is 0 Å². The molecular weight excluding hydrogens is 440 g/mol. The highest BCUT2D eigenvalue weighted by Crippen LogP contribution is 2.30. The van der Waals surface area contributed by atoms with Gasteiger partial charge in [-0.2, -0.15) is 5.10 Å². The van der Waals surface area contributed by atoms with Crippen molar-refractivity contribution in [3.63, 3.8) is 0 Å². The molecule has 0 saturated carbocycles. The number of hydrogen-bond acceptors (Lipinski definition) is 5. The molecule has 3 aromatic carbocycles. The van der Waals surface area contributed by atoms with Crippen LogP contribution < -0.4 is 14.4 Å². The monoisotopic (exact) mass is 468 g/mol. The summed E-state index contributed by atoms with van der Waals surface area (Å²) in [7, 11) is 3.32. The normalized spacial score (nSPS) is 13.5. The molecule has 1 fully saturated rings. The molecular formula is C28H28N4O3. The molecule has 0 unspecified atom stereocenters. The van der Waals surface area contributed by atoms with Crippen molar-refractivity contribution in [2.45, 2.75) is 0 Å². The van der Waals surface area contributed by atoms with E-state index in [2.05, 4.69) is 11.0 Å². The summed E-state index contributed by atoms with van der Waals surface area (Å²) in [6.07, 6.45) is 1.83. The fourth-order valence-corrected chi connectivity index (χ4v) is 4.44. The van der Waals surface area contributed by atoms with Gasteiger partial charge in [-0.15, -0.1) is 0 Å². The second-order valence-corrected chi connectivity index (χ2v) is 8.35. The number of methoxy groups -OCH3 is 2. The molecule has 2 heterocycles. The van der Waals surface area contributed by atoms with Crippen molar-refractivity contribution in [2.75, 3.05) is 45.3 Å². The highest BCUT2D eigenvalue weighted by atomic mass is 16.5. The van der Waals surface area contributed by atoms with Gasteiger partial charge >= 0.3 is 0 Å². The Morgan fingerprint density at radius 2 is 1.57 bits per heavy atom. The van der Waals surface area contributed by atoms with Gasteiger partial charge in [0.05, 0.1) is 31.2 Å². The van der Waals surface area contributed by atoms with Gasteiger partial charge in [0.25, 0.3) is 5.91 Å². The Hall–Kier alpha value is -4.26. The van der Waals surface area contributed by atoms with Gasteiger partial charge in [-0.05, 0) is 36.4 Å². The zero-order chi connectivity index (χ0) is 24.2. The number of amides is 1. The second-order valence-electron chi connectivity index (χ2n) is 8.35. The van der Waals surface area contributed by atoms with Crippen molar-refractivity contribution < 1.29 is 14.3 Å². The number of benzene rings is 3. The van der Waals surface area contributed by atoms with E-state index < -0.39 is 0 Å². The fourth-order valence-electron chi connectivity index (χ4n) is 4.44. The van der Waals surface area contributed by atoms with Gasteiger partial charge in [-0.1, -0.05) is 42.5 Å². The number of nitrogens with zero attached hydrogens (tertiary/aromatic N) is 4. The number of piperazine rings is 1. The summed E-state index contributed by atoms with van der Waals surface area (Å²) in [5.41, 5.74) is 4.01. The number of para-hydroxylation sites is 3. The lowest BCUT2D eigenvalue weighted by atomic mass is 10.1. The zero-order valence-electron chi connectivity index (χ0n) is 19.9. The Morgan fingerprint density at radius 1 is 0.829 bits per heavy atom. The van der Waals surface area contributed by atoms with E-state index in [1.165, 1.54) is 0 Å². The largest absolute Gasteiger partial charge is 0.497 e. The molecule has 0 atom stereocenters. The van der Waals surface area contributed by atoms with Crippen LogP contribution in [-0.4, -0.2) is 61.0 Å². The molecule has 0 N–H and O–H groups in total. The summed E-state index contributed by atoms with van der Waals surface area (Å²) in [6.45, 7) is 2.69. The number of carbonyl (C=O) groups excluding carboxylic acids is 1. The van der Waals surface area contributed by atoms with Gasteiger partial charge in [-0.3, -0.25) is 4.79 Å². The summed E-state index contributed by atoms with van der Waals surface area (Å²) in [6, 6.07) is 25.5. The average Bonchev–Trinajstić information content (AvgIpc) is 3.39. The predicted molar refractivity (Wildman–Crippen MR) is 137 cm³/mol. The quantitative estimate of drug-likeness (QED) is 0.417. The minimum atomic E-state index is -0.0234. The van der Waals surface area contributed by atoms with Crippen molar-refractivity contribution in [2.24, 2.45) is 0 Å². The second kappa shape index (κ2) is 9.93. The van der Waals surface area contributed by atoms with Crippen molar-refractivity contribution >= 4 is 11.6 Å². The van der Waals surface area contributed by atoms with E-state index in [0.717, 1.165) is 41.5 Å². The lowest BCUT2D eigenvalue weighted by molar-refractivity contribution is 0.0747. The third-order valence-corrected chi connectivity index (χ3v) is 6.30. The summed E-state index contributed by atoms with van der Waals surface area (Å²) in [4.78, 5) is 17.9. The lowest BCUT2D eigenvalue weighted by Gasteiger charge is -2.36. The minimum Gasteiger partial charge on any atom is -0.497 e. The van der Waals surface area contributed by atoms with Gasteiger partial charge in [-0.25, -0.2) is 4.68 Å².